The largest absolute Gasteiger partial charge is 0.508 e. The molecule has 0 spiro atoms. The second-order valence-corrected chi connectivity index (χ2v) is 6.21. The van der Waals surface area contributed by atoms with Crippen LogP contribution in [0.25, 0.3) is 0 Å². The van der Waals surface area contributed by atoms with Crippen LogP contribution in [0.5, 0.6) is 5.75 Å². The van der Waals surface area contributed by atoms with Crippen LogP contribution in [-0.4, -0.2) is 11.0 Å². The number of phenolic OH excluding ortho intramolecular Hbond substituents is 1. The number of carbonyl (C=O) groups excluding carboxylic acids is 1. The highest BCUT2D eigenvalue weighted by atomic mass is 16.3. The van der Waals surface area contributed by atoms with E-state index in [0.29, 0.717) is 5.69 Å². The van der Waals surface area contributed by atoms with Crippen molar-refractivity contribution in [2.24, 2.45) is 10.2 Å². The molecular formula is C18H20N2O2. The molecule has 0 unspecified atom stereocenters. The van der Waals surface area contributed by atoms with Crippen LogP contribution in [0.2, 0.25) is 0 Å². The Morgan fingerprint density at radius 3 is 2.41 bits per heavy atom. The predicted octanol–water partition coefficient (Wildman–Crippen LogP) is 4.54. The van der Waals surface area contributed by atoms with Gasteiger partial charge in [0.2, 0.25) is 0 Å². The predicted molar refractivity (Wildman–Crippen MR) is 86.5 cm³/mol. The summed E-state index contributed by atoms with van der Waals surface area (Å²) in [6.07, 6.45) is 0.231. The number of carbonyl (C=O) groups is 1. The third-order valence-corrected chi connectivity index (χ3v) is 3.26. The van der Waals surface area contributed by atoms with E-state index in [9.17, 15) is 9.90 Å². The maximum atomic E-state index is 11.8. The molecular weight excluding hydrogens is 276 g/mol. The van der Waals surface area contributed by atoms with E-state index >= 15 is 0 Å². The highest BCUT2D eigenvalue weighted by molar-refractivity contribution is 5.79. The maximum Gasteiger partial charge on any atom is 0.269 e. The number of phenols is 1. The maximum absolute atomic E-state index is 11.8. The van der Waals surface area contributed by atoms with Crippen molar-refractivity contribution in [2.75, 3.05) is 0 Å². The number of nitrogens with zero attached hydrogens (tertiary/aromatic N) is 2. The zero-order chi connectivity index (χ0) is 16.2. The minimum absolute atomic E-state index is 0.205. The van der Waals surface area contributed by atoms with Gasteiger partial charge < -0.3 is 5.11 Å². The number of rotatable bonds is 3. The zero-order valence-electron chi connectivity index (χ0n) is 13.1. The van der Waals surface area contributed by atoms with Crippen LogP contribution >= 0.6 is 0 Å². The van der Waals surface area contributed by atoms with Crippen molar-refractivity contribution in [1.29, 1.82) is 0 Å². The molecule has 1 amide bonds. The molecule has 0 aliphatic carbocycles. The normalized spacial score (nSPS) is 11.8. The molecule has 4 nitrogen and oxygen atoms in total. The first-order valence-electron chi connectivity index (χ1n) is 7.18. The van der Waals surface area contributed by atoms with E-state index in [1.54, 1.807) is 18.2 Å². The molecule has 0 fully saturated rings. The molecule has 2 rings (SSSR count). The lowest BCUT2D eigenvalue weighted by Gasteiger charge is -2.20. The molecule has 0 atom stereocenters. The van der Waals surface area contributed by atoms with Crippen molar-refractivity contribution in [3.05, 3.63) is 59.7 Å². The van der Waals surface area contributed by atoms with Crippen LogP contribution in [0.4, 0.5) is 5.69 Å². The number of hydrogen-bond donors (Lipinski definition) is 1. The number of hydrogen-bond acceptors (Lipinski definition) is 3. The van der Waals surface area contributed by atoms with Gasteiger partial charge in [-0.15, -0.1) is 10.2 Å². The third kappa shape index (κ3) is 4.25. The second kappa shape index (κ2) is 6.52. The van der Waals surface area contributed by atoms with Gasteiger partial charge in [0.05, 0.1) is 12.1 Å². The van der Waals surface area contributed by atoms with Crippen LogP contribution in [0.3, 0.4) is 0 Å². The summed E-state index contributed by atoms with van der Waals surface area (Å²) in [5.74, 6) is -0.0707. The number of benzene rings is 2. The summed E-state index contributed by atoms with van der Waals surface area (Å²) in [6, 6.07) is 14.4. The molecule has 22 heavy (non-hydrogen) atoms. The van der Waals surface area contributed by atoms with Crippen LogP contribution in [0, 0.1) is 0 Å². The monoisotopic (exact) mass is 296 g/mol. The van der Waals surface area contributed by atoms with Gasteiger partial charge in [-0.1, -0.05) is 51.1 Å². The van der Waals surface area contributed by atoms with Gasteiger partial charge in [-0.2, -0.15) is 0 Å². The number of amides is 1. The third-order valence-electron chi connectivity index (χ3n) is 3.26. The fourth-order valence-electron chi connectivity index (χ4n) is 2.11. The molecule has 0 aliphatic heterocycles. The summed E-state index contributed by atoms with van der Waals surface area (Å²) in [5, 5.41) is 17.6. The Labute approximate surface area is 130 Å². The topological polar surface area (TPSA) is 62.0 Å². The fraction of sp³-hybridized carbons (Fsp3) is 0.278. The molecule has 0 saturated heterocycles. The smallest absolute Gasteiger partial charge is 0.269 e. The summed E-state index contributed by atoms with van der Waals surface area (Å²) in [6.45, 7) is 6.01. The van der Waals surface area contributed by atoms with Gasteiger partial charge in [-0.25, -0.2) is 0 Å². The van der Waals surface area contributed by atoms with Gasteiger partial charge >= 0.3 is 0 Å². The van der Waals surface area contributed by atoms with E-state index < -0.39 is 0 Å². The molecule has 0 aromatic heterocycles. The SMILES string of the molecule is CC(C)(C)c1cc(N=NC(=O)Cc2ccccc2)ccc1O. The van der Waals surface area contributed by atoms with E-state index in [-0.39, 0.29) is 23.5 Å². The summed E-state index contributed by atoms with van der Waals surface area (Å²) in [4.78, 5) is 11.8. The number of azo groups is 1. The van der Waals surface area contributed by atoms with Crippen molar-refractivity contribution in [1.82, 2.24) is 0 Å². The van der Waals surface area contributed by atoms with E-state index in [1.807, 2.05) is 51.1 Å². The van der Waals surface area contributed by atoms with Crippen molar-refractivity contribution in [2.45, 2.75) is 32.6 Å². The first-order valence-corrected chi connectivity index (χ1v) is 7.18. The lowest BCUT2D eigenvalue weighted by atomic mass is 9.86. The second-order valence-electron chi connectivity index (χ2n) is 6.21. The summed E-state index contributed by atoms with van der Waals surface area (Å²) >= 11 is 0. The van der Waals surface area contributed by atoms with Gasteiger partial charge in [0.1, 0.15) is 5.75 Å². The zero-order valence-corrected chi connectivity index (χ0v) is 13.1. The van der Waals surface area contributed by atoms with E-state index in [0.717, 1.165) is 11.1 Å². The molecule has 0 heterocycles. The molecule has 0 bridgehead atoms. The van der Waals surface area contributed by atoms with E-state index in [1.165, 1.54) is 0 Å². The standard InChI is InChI=1S/C18H20N2O2/c1-18(2,3)15-12-14(9-10-16(15)21)19-20-17(22)11-13-7-5-4-6-8-13/h4-10,12,21H,11H2,1-3H3. The summed E-state index contributed by atoms with van der Waals surface area (Å²) < 4.78 is 0. The Hall–Kier alpha value is -2.49. The fourth-order valence-corrected chi connectivity index (χ4v) is 2.11. The van der Waals surface area contributed by atoms with E-state index in [2.05, 4.69) is 10.2 Å². The Kier molecular flexibility index (Phi) is 4.71. The molecule has 2 aromatic carbocycles. The lowest BCUT2D eigenvalue weighted by molar-refractivity contribution is -0.117. The van der Waals surface area contributed by atoms with Crippen molar-refractivity contribution >= 4 is 11.6 Å². The van der Waals surface area contributed by atoms with Gasteiger partial charge in [-0.3, -0.25) is 4.79 Å². The first kappa shape index (κ1) is 15.9. The highest BCUT2D eigenvalue weighted by Gasteiger charge is 2.18. The first-order chi connectivity index (χ1) is 10.4. The van der Waals surface area contributed by atoms with Gasteiger partial charge in [0, 0.05) is 5.56 Å². The number of aromatic hydroxyl groups is 1. The van der Waals surface area contributed by atoms with Gasteiger partial charge in [0.15, 0.2) is 0 Å². The molecule has 114 valence electrons. The van der Waals surface area contributed by atoms with E-state index in [4.69, 9.17) is 0 Å². The minimum Gasteiger partial charge on any atom is -0.508 e. The minimum atomic E-state index is -0.295. The van der Waals surface area contributed by atoms with Gasteiger partial charge in [0.25, 0.3) is 5.91 Å². The quantitative estimate of drug-likeness (QED) is 0.845. The average molecular weight is 296 g/mol. The molecule has 1 N–H and O–H groups in total. The molecule has 4 heteroatoms. The highest BCUT2D eigenvalue weighted by Crippen LogP contribution is 2.33. The Balaban J connectivity index is 2.12. The van der Waals surface area contributed by atoms with Crippen molar-refractivity contribution in [3.8, 4) is 5.75 Å². The van der Waals surface area contributed by atoms with Crippen LogP contribution in [-0.2, 0) is 16.6 Å². The van der Waals surface area contributed by atoms with Gasteiger partial charge in [-0.05, 0) is 29.2 Å². The van der Waals surface area contributed by atoms with Crippen molar-refractivity contribution < 1.29 is 9.90 Å². The summed E-state index contributed by atoms with van der Waals surface area (Å²) in [5.41, 5.74) is 2.04. The summed E-state index contributed by atoms with van der Waals surface area (Å²) in [7, 11) is 0. The Morgan fingerprint density at radius 2 is 1.77 bits per heavy atom. The van der Waals surface area contributed by atoms with Crippen LogP contribution in [0.1, 0.15) is 31.9 Å². The molecule has 0 saturated carbocycles. The van der Waals surface area contributed by atoms with Crippen LogP contribution in [0.15, 0.2) is 58.8 Å². The van der Waals surface area contributed by atoms with Crippen LogP contribution < -0.4 is 0 Å². The average Bonchev–Trinajstić information content (AvgIpc) is 2.46. The Morgan fingerprint density at radius 1 is 1.09 bits per heavy atom. The Bertz CT molecular complexity index is 686. The molecule has 2 aromatic rings. The molecule has 0 aliphatic rings. The van der Waals surface area contributed by atoms with Crippen molar-refractivity contribution in [3.63, 3.8) is 0 Å². The molecule has 0 radical (unpaired) electrons. The lowest BCUT2D eigenvalue weighted by Crippen LogP contribution is -2.10.